The summed E-state index contributed by atoms with van der Waals surface area (Å²) in [5.74, 6) is -0.511. The van der Waals surface area contributed by atoms with Crippen LogP contribution < -0.4 is 11.0 Å². The fourth-order valence-corrected chi connectivity index (χ4v) is 2.04. The second-order valence-corrected chi connectivity index (χ2v) is 6.83. The summed E-state index contributed by atoms with van der Waals surface area (Å²) < 4.78 is 16.4. The molecule has 2 N–H and O–H groups in total. The van der Waals surface area contributed by atoms with Crippen LogP contribution in [-0.4, -0.2) is 26.4 Å². The Hall–Kier alpha value is -1.28. The van der Waals surface area contributed by atoms with E-state index in [0.717, 1.165) is 0 Å². The van der Waals surface area contributed by atoms with E-state index in [4.69, 9.17) is 5.73 Å². The summed E-state index contributed by atoms with van der Waals surface area (Å²) in [5.41, 5.74) is 6.21. The van der Waals surface area contributed by atoms with E-state index in [9.17, 15) is 9.36 Å². The van der Waals surface area contributed by atoms with E-state index < -0.39 is 13.1 Å². The third-order valence-electron chi connectivity index (χ3n) is 2.06. The largest absolute Gasteiger partial charge is 0.465 e. The molecule has 0 heterocycles. The molecule has 0 aliphatic rings. The number of ether oxygens (including phenoxy) is 1. The molecule has 0 aromatic heterocycles. The van der Waals surface area contributed by atoms with E-state index >= 15 is 0 Å². The summed E-state index contributed by atoms with van der Waals surface area (Å²) in [6, 6.07) is 4.77. The number of nitrogen functional groups attached to an aromatic ring is 1. The molecule has 0 spiro atoms. The van der Waals surface area contributed by atoms with Gasteiger partial charge >= 0.3 is 5.97 Å². The van der Waals surface area contributed by atoms with Crippen molar-refractivity contribution in [3.63, 3.8) is 0 Å². The van der Waals surface area contributed by atoms with Gasteiger partial charge in [0.2, 0.25) is 0 Å². The van der Waals surface area contributed by atoms with E-state index in [1.807, 2.05) is 0 Å². The van der Waals surface area contributed by atoms with Gasteiger partial charge in [0.1, 0.15) is 7.14 Å². The first kappa shape index (κ1) is 11.8. The molecular formula is C10H14NO3P. The van der Waals surface area contributed by atoms with Crippen LogP contribution in [0, 0.1) is 0 Å². The number of carbonyl (C=O) groups excluding carboxylic acids is 1. The van der Waals surface area contributed by atoms with Crippen molar-refractivity contribution in [3.8, 4) is 0 Å². The molecule has 5 heteroatoms. The molecule has 0 fully saturated rings. The Bertz CT molecular complexity index is 436. The molecule has 1 aromatic carbocycles. The maximum absolute atomic E-state index is 11.8. The molecule has 0 unspecified atom stereocenters. The Morgan fingerprint density at radius 1 is 1.40 bits per heavy atom. The van der Waals surface area contributed by atoms with Gasteiger partial charge in [-0.15, -0.1) is 0 Å². The molecule has 0 saturated heterocycles. The SMILES string of the molecule is COC(=O)c1cc(P(C)(C)=O)ccc1N. The Morgan fingerprint density at radius 3 is 2.47 bits per heavy atom. The second kappa shape index (κ2) is 4.07. The van der Waals surface area contributed by atoms with Crippen LogP contribution in [0.1, 0.15) is 10.4 Å². The predicted molar refractivity (Wildman–Crippen MR) is 61.3 cm³/mol. The molecule has 82 valence electrons. The first-order valence-electron chi connectivity index (χ1n) is 4.39. The third kappa shape index (κ3) is 2.60. The van der Waals surface area contributed by atoms with Gasteiger partial charge in [-0.1, -0.05) is 0 Å². The topological polar surface area (TPSA) is 69.4 Å². The van der Waals surface area contributed by atoms with Crippen LogP contribution in [0.5, 0.6) is 0 Å². The van der Waals surface area contributed by atoms with Crippen molar-refractivity contribution in [2.24, 2.45) is 0 Å². The maximum atomic E-state index is 11.8. The molecule has 0 radical (unpaired) electrons. The summed E-state index contributed by atoms with van der Waals surface area (Å²) in [4.78, 5) is 11.3. The zero-order valence-electron chi connectivity index (χ0n) is 8.98. The summed E-state index contributed by atoms with van der Waals surface area (Å²) >= 11 is 0. The average Bonchev–Trinajstić information content (AvgIpc) is 2.15. The van der Waals surface area contributed by atoms with Crippen LogP contribution >= 0.6 is 7.14 Å². The molecule has 1 aromatic rings. The number of benzene rings is 1. The van der Waals surface area contributed by atoms with Crippen LogP contribution in [-0.2, 0) is 9.30 Å². The van der Waals surface area contributed by atoms with Crippen molar-refractivity contribution in [1.82, 2.24) is 0 Å². The third-order valence-corrected chi connectivity index (χ3v) is 3.59. The van der Waals surface area contributed by atoms with Gasteiger partial charge in [0, 0.05) is 11.0 Å². The van der Waals surface area contributed by atoms with Crippen molar-refractivity contribution in [2.45, 2.75) is 0 Å². The number of nitrogens with two attached hydrogens (primary N) is 1. The standard InChI is InChI=1S/C10H14NO3P/c1-14-10(12)8-6-7(15(2,3)13)4-5-9(8)11/h4-6H,11H2,1-3H3. The van der Waals surface area contributed by atoms with Gasteiger partial charge in [0.25, 0.3) is 0 Å². The Labute approximate surface area is 88.8 Å². The number of esters is 1. The number of hydrogen-bond donors (Lipinski definition) is 1. The van der Waals surface area contributed by atoms with Crippen molar-refractivity contribution in [2.75, 3.05) is 26.2 Å². The van der Waals surface area contributed by atoms with Crippen LogP contribution in [0.15, 0.2) is 18.2 Å². The Morgan fingerprint density at radius 2 is 2.00 bits per heavy atom. The lowest BCUT2D eigenvalue weighted by Gasteiger charge is -2.10. The zero-order chi connectivity index (χ0) is 11.6. The molecule has 1 rings (SSSR count). The van der Waals surface area contributed by atoms with Crippen molar-refractivity contribution >= 4 is 24.1 Å². The van der Waals surface area contributed by atoms with Gasteiger partial charge in [-0.05, 0) is 31.5 Å². The number of carbonyl (C=O) groups is 1. The fourth-order valence-electron chi connectivity index (χ4n) is 1.17. The van der Waals surface area contributed by atoms with E-state index in [1.54, 1.807) is 25.5 Å². The molecule has 0 amide bonds. The van der Waals surface area contributed by atoms with Crippen LogP contribution in [0.25, 0.3) is 0 Å². The number of hydrogen-bond acceptors (Lipinski definition) is 4. The zero-order valence-corrected chi connectivity index (χ0v) is 9.88. The first-order chi connectivity index (χ1) is 6.86. The van der Waals surface area contributed by atoms with Crippen LogP contribution in [0.3, 0.4) is 0 Å². The lowest BCUT2D eigenvalue weighted by molar-refractivity contribution is 0.0602. The highest BCUT2D eigenvalue weighted by molar-refractivity contribution is 7.70. The van der Waals surface area contributed by atoms with Gasteiger partial charge in [-0.3, -0.25) is 0 Å². The summed E-state index contributed by atoms with van der Waals surface area (Å²) in [6.07, 6.45) is 0. The quantitative estimate of drug-likeness (QED) is 0.469. The average molecular weight is 227 g/mol. The second-order valence-electron chi connectivity index (χ2n) is 3.61. The molecule has 15 heavy (non-hydrogen) atoms. The monoisotopic (exact) mass is 227 g/mol. The predicted octanol–water partition coefficient (Wildman–Crippen LogP) is 1.30. The first-order valence-corrected chi connectivity index (χ1v) is 7.00. The minimum atomic E-state index is -2.38. The highest BCUT2D eigenvalue weighted by Crippen LogP contribution is 2.35. The molecule has 0 aliphatic carbocycles. The summed E-state index contributed by atoms with van der Waals surface area (Å²) in [5, 5.41) is 0.622. The van der Waals surface area contributed by atoms with E-state index in [0.29, 0.717) is 11.0 Å². The lowest BCUT2D eigenvalue weighted by Crippen LogP contribution is -2.11. The van der Waals surface area contributed by atoms with Crippen LogP contribution in [0.2, 0.25) is 0 Å². The molecule has 0 saturated carbocycles. The van der Waals surface area contributed by atoms with Gasteiger partial charge in [0.15, 0.2) is 0 Å². The van der Waals surface area contributed by atoms with E-state index in [1.165, 1.54) is 13.2 Å². The van der Waals surface area contributed by atoms with Gasteiger partial charge < -0.3 is 15.0 Å². The molecule has 0 aliphatic heterocycles. The maximum Gasteiger partial charge on any atom is 0.339 e. The van der Waals surface area contributed by atoms with E-state index in [-0.39, 0.29) is 5.56 Å². The van der Waals surface area contributed by atoms with Crippen LogP contribution in [0.4, 0.5) is 5.69 Å². The van der Waals surface area contributed by atoms with Crippen molar-refractivity contribution < 1.29 is 14.1 Å². The fraction of sp³-hybridized carbons (Fsp3) is 0.300. The molecule has 4 nitrogen and oxygen atoms in total. The summed E-state index contributed by atoms with van der Waals surface area (Å²) in [7, 11) is -1.09. The minimum Gasteiger partial charge on any atom is -0.465 e. The molecular weight excluding hydrogens is 213 g/mol. The van der Waals surface area contributed by atoms with Gasteiger partial charge in [0.05, 0.1) is 12.7 Å². The molecule has 0 atom stereocenters. The van der Waals surface area contributed by atoms with Crippen molar-refractivity contribution in [1.29, 1.82) is 0 Å². The number of methoxy groups -OCH3 is 1. The normalized spacial score (nSPS) is 11.1. The Kier molecular flexibility index (Phi) is 3.20. The van der Waals surface area contributed by atoms with Gasteiger partial charge in [-0.2, -0.15) is 0 Å². The Balaban J connectivity index is 3.29. The highest BCUT2D eigenvalue weighted by atomic mass is 31.2. The number of rotatable bonds is 2. The summed E-state index contributed by atoms with van der Waals surface area (Å²) in [6.45, 7) is 3.28. The van der Waals surface area contributed by atoms with Gasteiger partial charge in [-0.25, -0.2) is 4.79 Å². The minimum absolute atomic E-state index is 0.263. The lowest BCUT2D eigenvalue weighted by atomic mass is 10.2. The smallest absolute Gasteiger partial charge is 0.339 e. The van der Waals surface area contributed by atoms with E-state index in [2.05, 4.69) is 4.74 Å². The number of anilines is 1. The molecule has 0 bridgehead atoms. The highest BCUT2D eigenvalue weighted by Gasteiger charge is 2.16. The van der Waals surface area contributed by atoms with Crippen molar-refractivity contribution in [3.05, 3.63) is 23.8 Å².